The number of hydrogen-bond acceptors (Lipinski definition) is 1. The van der Waals surface area contributed by atoms with E-state index in [-0.39, 0.29) is 66.5 Å². The van der Waals surface area contributed by atoms with Crippen LogP contribution in [0.4, 0.5) is 0 Å². The first-order valence-corrected chi connectivity index (χ1v) is 3.57. The average Bonchev–Trinajstić information content (AvgIpc) is 1.93. The van der Waals surface area contributed by atoms with Crippen LogP contribution < -0.4 is 56.5 Å². The van der Waals surface area contributed by atoms with Crippen molar-refractivity contribution in [2.75, 3.05) is 0 Å². The molecule has 0 aliphatic rings. The minimum atomic E-state index is -0.421. The minimum absolute atomic E-state index is 0. The van der Waals surface area contributed by atoms with Crippen molar-refractivity contribution < 1.29 is 56.5 Å². The van der Waals surface area contributed by atoms with Crippen LogP contribution in [0.1, 0.15) is 0 Å². The standard InChI is InChI=1S/C6H3Cl3O.K/c7-3-1-2-4(8)6(10)5(3)9;/h1-2,10H;/q;+1/p-1. The van der Waals surface area contributed by atoms with Crippen molar-refractivity contribution in [2.24, 2.45) is 0 Å². The normalized spacial score (nSPS) is 9.00. The summed E-state index contributed by atoms with van der Waals surface area (Å²) in [5.41, 5.74) is 0. The predicted molar refractivity (Wildman–Crippen MR) is 40.9 cm³/mol. The number of halogens is 3. The quantitative estimate of drug-likeness (QED) is 0.448. The van der Waals surface area contributed by atoms with Gasteiger partial charge in [-0.1, -0.05) is 40.6 Å². The molecular formula is C6H2Cl3KO. The summed E-state index contributed by atoms with van der Waals surface area (Å²) in [6.45, 7) is 0. The molecule has 0 radical (unpaired) electrons. The molecule has 0 heterocycles. The Balaban J connectivity index is 0.000001000. The maximum Gasteiger partial charge on any atom is 1.00 e. The Morgan fingerprint density at radius 2 is 1.45 bits per heavy atom. The molecule has 0 aromatic heterocycles. The van der Waals surface area contributed by atoms with Gasteiger partial charge in [0, 0.05) is 5.02 Å². The molecule has 5 heteroatoms. The van der Waals surface area contributed by atoms with Crippen molar-refractivity contribution in [3.63, 3.8) is 0 Å². The first kappa shape index (κ1) is 12.5. The minimum Gasteiger partial charge on any atom is -0.870 e. The molecule has 11 heavy (non-hydrogen) atoms. The molecule has 0 amide bonds. The van der Waals surface area contributed by atoms with Crippen LogP contribution in [0.3, 0.4) is 0 Å². The second kappa shape index (κ2) is 5.30. The summed E-state index contributed by atoms with van der Waals surface area (Å²) in [6.07, 6.45) is 0. The fraction of sp³-hybridized carbons (Fsp3) is 0. The largest absolute Gasteiger partial charge is 1.00 e. The van der Waals surface area contributed by atoms with Crippen LogP contribution in [0.25, 0.3) is 0 Å². The molecule has 1 rings (SSSR count). The third-order valence-electron chi connectivity index (χ3n) is 1.00. The first-order valence-electron chi connectivity index (χ1n) is 2.43. The van der Waals surface area contributed by atoms with E-state index in [4.69, 9.17) is 34.8 Å². The summed E-state index contributed by atoms with van der Waals surface area (Å²) < 4.78 is 0. The molecule has 0 saturated carbocycles. The topological polar surface area (TPSA) is 23.1 Å². The maximum absolute atomic E-state index is 10.8. The Hall–Kier alpha value is 1.53. The molecule has 0 bridgehead atoms. The SMILES string of the molecule is [K+].[O-]c1c(Cl)ccc(Cl)c1Cl. The Morgan fingerprint density at radius 1 is 1.00 bits per heavy atom. The molecular weight excluding hydrogens is 234 g/mol. The van der Waals surface area contributed by atoms with Gasteiger partial charge < -0.3 is 5.11 Å². The first-order chi connectivity index (χ1) is 4.63. The third kappa shape index (κ3) is 3.05. The number of rotatable bonds is 0. The van der Waals surface area contributed by atoms with Crippen LogP contribution in [0.2, 0.25) is 15.1 Å². The van der Waals surface area contributed by atoms with Crippen molar-refractivity contribution in [3.8, 4) is 5.75 Å². The third-order valence-corrected chi connectivity index (χ3v) is 2.09. The van der Waals surface area contributed by atoms with Gasteiger partial charge in [0.25, 0.3) is 0 Å². The van der Waals surface area contributed by atoms with Gasteiger partial charge in [0.1, 0.15) is 0 Å². The molecule has 54 valence electrons. The van der Waals surface area contributed by atoms with Crippen molar-refractivity contribution >= 4 is 34.8 Å². The number of hydrogen-bond donors (Lipinski definition) is 0. The van der Waals surface area contributed by atoms with Crippen LogP contribution in [-0.2, 0) is 0 Å². The molecule has 0 spiro atoms. The van der Waals surface area contributed by atoms with Crippen LogP contribution in [0.5, 0.6) is 5.75 Å². The van der Waals surface area contributed by atoms with Gasteiger partial charge in [0.15, 0.2) is 0 Å². The smallest absolute Gasteiger partial charge is 0.870 e. The van der Waals surface area contributed by atoms with Gasteiger partial charge in [-0.15, -0.1) is 0 Å². The van der Waals surface area contributed by atoms with E-state index in [0.29, 0.717) is 0 Å². The monoisotopic (exact) mass is 234 g/mol. The average molecular weight is 236 g/mol. The summed E-state index contributed by atoms with van der Waals surface area (Å²) in [5.74, 6) is -0.421. The fourth-order valence-corrected chi connectivity index (χ4v) is 1.03. The van der Waals surface area contributed by atoms with Gasteiger partial charge in [-0.2, -0.15) is 0 Å². The second-order valence-corrected chi connectivity index (χ2v) is 2.86. The van der Waals surface area contributed by atoms with E-state index < -0.39 is 5.75 Å². The van der Waals surface area contributed by atoms with E-state index in [0.717, 1.165) is 0 Å². The van der Waals surface area contributed by atoms with E-state index in [1.54, 1.807) is 0 Å². The molecule has 0 N–H and O–H groups in total. The van der Waals surface area contributed by atoms with Crippen LogP contribution >= 0.6 is 34.8 Å². The summed E-state index contributed by atoms with van der Waals surface area (Å²) >= 11 is 16.4. The molecule has 0 fully saturated rings. The Kier molecular flexibility index (Phi) is 6.03. The molecule has 0 atom stereocenters. The zero-order valence-electron chi connectivity index (χ0n) is 5.70. The molecule has 1 nitrogen and oxygen atoms in total. The molecule has 0 aliphatic carbocycles. The van der Waals surface area contributed by atoms with E-state index in [9.17, 15) is 5.11 Å². The van der Waals surface area contributed by atoms with Crippen molar-refractivity contribution in [2.45, 2.75) is 0 Å². The Labute approximate surface area is 122 Å². The van der Waals surface area contributed by atoms with E-state index in [1.807, 2.05) is 0 Å². The van der Waals surface area contributed by atoms with Gasteiger partial charge in [-0.3, -0.25) is 0 Å². The molecule has 0 unspecified atom stereocenters. The van der Waals surface area contributed by atoms with Crippen LogP contribution in [0, 0.1) is 0 Å². The van der Waals surface area contributed by atoms with Gasteiger partial charge in [0.2, 0.25) is 0 Å². The van der Waals surface area contributed by atoms with Crippen LogP contribution in [0.15, 0.2) is 12.1 Å². The van der Waals surface area contributed by atoms with Crippen molar-refractivity contribution in [1.82, 2.24) is 0 Å². The molecule has 0 saturated heterocycles. The number of benzene rings is 1. The van der Waals surface area contributed by atoms with E-state index in [2.05, 4.69) is 0 Å². The summed E-state index contributed by atoms with van der Waals surface area (Å²) in [6, 6.07) is 2.89. The fourth-order valence-electron chi connectivity index (χ4n) is 0.508. The van der Waals surface area contributed by atoms with E-state index >= 15 is 0 Å². The maximum atomic E-state index is 10.8. The predicted octanol–water partition coefficient (Wildman–Crippen LogP) is -0.276. The van der Waals surface area contributed by atoms with Gasteiger partial charge in [-0.05, 0) is 12.1 Å². The van der Waals surface area contributed by atoms with Crippen molar-refractivity contribution in [1.29, 1.82) is 0 Å². The van der Waals surface area contributed by atoms with Gasteiger partial charge in [-0.25, -0.2) is 0 Å². The summed E-state index contributed by atoms with van der Waals surface area (Å²) in [4.78, 5) is 0. The molecule has 1 aromatic carbocycles. The Morgan fingerprint density at radius 3 is 1.91 bits per heavy atom. The molecule has 1 aromatic rings. The zero-order chi connectivity index (χ0) is 7.72. The summed E-state index contributed by atoms with van der Waals surface area (Å²) in [5, 5.41) is 11.1. The van der Waals surface area contributed by atoms with Gasteiger partial charge >= 0.3 is 51.4 Å². The van der Waals surface area contributed by atoms with E-state index in [1.165, 1.54) is 12.1 Å². The summed E-state index contributed by atoms with van der Waals surface area (Å²) in [7, 11) is 0. The second-order valence-electron chi connectivity index (χ2n) is 1.67. The van der Waals surface area contributed by atoms with Crippen LogP contribution in [-0.4, -0.2) is 0 Å². The van der Waals surface area contributed by atoms with Crippen molar-refractivity contribution in [3.05, 3.63) is 27.2 Å². The molecule has 0 aliphatic heterocycles. The Bertz CT molecular complexity index is 237. The van der Waals surface area contributed by atoms with Gasteiger partial charge in [0.05, 0.1) is 10.0 Å². The zero-order valence-corrected chi connectivity index (χ0v) is 11.1.